The largest absolute Gasteiger partial charge is 0.465 e. The van der Waals surface area contributed by atoms with Crippen molar-refractivity contribution in [2.45, 2.75) is 19.4 Å². The highest BCUT2D eigenvalue weighted by Gasteiger charge is 2.17. The highest BCUT2D eigenvalue weighted by molar-refractivity contribution is 5.76. The maximum Gasteiger partial charge on any atom is 0.323 e. The number of hydrogen-bond donors (Lipinski definition) is 1. The molecule has 1 rings (SSSR count). The summed E-state index contributed by atoms with van der Waals surface area (Å²) in [6.45, 7) is 2.14. The monoisotopic (exact) mass is 236 g/mol. The third kappa shape index (κ3) is 3.75. The Morgan fingerprint density at radius 2 is 2.06 bits per heavy atom. The van der Waals surface area contributed by atoms with E-state index >= 15 is 0 Å². The molecule has 4 nitrogen and oxygen atoms in total. The van der Waals surface area contributed by atoms with Crippen LogP contribution < -0.4 is 10.6 Å². The minimum atomic E-state index is -0.601. The van der Waals surface area contributed by atoms with Crippen molar-refractivity contribution in [3.05, 3.63) is 29.8 Å². The van der Waals surface area contributed by atoms with Gasteiger partial charge in [-0.2, -0.15) is 0 Å². The molecule has 0 radical (unpaired) electrons. The van der Waals surface area contributed by atoms with E-state index in [9.17, 15) is 4.79 Å². The van der Waals surface area contributed by atoms with Gasteiger partial charge in [-0.05, 0) is 18.6 Å². The van der Waals surface area contributed by atoms with Crippen molar-refractivity contribution in [2.24, 2.45) is 5.73 Å². The Morgan fingerprint density at radius 3 is 2.65 bits per heavy atom. The maximum absolute atomic E-state index is 11.5. The fraction of sp³-hybridized carbons (Fsp3) is 0.462. The van der Waals surface area contributed by atoms with Crippen LogP contribution in [0.5, 0.6) is 0 Å². The molecule has 1 atom stereocenters. The first kappa shape index (κ1) is 13.5. The third-order valence-corrected chi connectivity index (χ3v) is 2.50. The molecular formula is C13H20N2O2. The molecule has 0 fully saturated rings. The zero-order valence-electron chi connectivity index (χ0n) is 10.6. The first-order valence-electron chi connectivity index (χ1n) is 5.73. The number of ether oxygens (including phenoxy) is 1. The van der Waals surface area contributed by atoms with Gasteiger partial charge in [0.05, 0.1) is 6.61 Å². The number of esters is 1. The SMILES string of the molecule is CCOC(=O)C(N)Cc1ccccc1N(C)C. The van der Waals surface area contributed by atoms with E-state index in [4.69, 9.17) is 10.5 Å². The minimum Gasteiger partial charge on any atom is -0.465 e. The molecular weight excluding hydrogens is 216 g/mol. The van der Waals surface area contributed by atoms with Gasteiger partial charge < -0.3 is 15.4 Å². The normalized spacial score (nSPS) is 12.0. The Hall–Kier alpha value is -1.55. The molecule has 0 saturated heterocycles. The molecule has 0 aliphatic heterocycles. The van der Waals surface area contributed by atoms with E-state index in [1.165, 1.54) is 0 Å². The quantitative estimate of drug-likeness (QED) is 0.780. The van der Waals surface area contributed by atoms with Gasteiger partial charge in [0.1, 0.15) is 6.04 Å². The zero-order valence-corrected chi connectivity index (χ0v) is 10.6. The Bertz CT molecular complexity index is 377. The van der Waals surface area contributed by atoms with Crippen molar-refractivity contribution in [1.29, 1.82) is 0 Å². The van der Waals surface area contributed by atoms with E-state index < -0.39 is 6.04 Å². The van der Waals surface area contributed by atoms with E-state index in [-0.39, 0.29) is 5.97 Å². The van der Waals surface area contributed by atoms with Gasteiger partial charge in [-0.15, -0.1) is 0 Å². The Kier molecular flexibility index (Phi) is 4.97. The number of anilines is 1. The summed E-state index contributed by atoms with van der Waals surface area (Å²) in [6.07, 6.45) is 0.493. The van der Waals surface area contributed by atoms with E-state index in [0.717, 1.165) is 11.3 Å². The van der Waals surface area contributed by atoms with Gasteiger partial charge in [0.15, 0.2) is 0 Å². The smallest absolute Gasteiger partial charge is 0.323 e. The molecule has 17 heavy (non-hydrogen) atoms. The summed E-state index contributed by atoms with van der Waals surface area (Å²) in [4.78, 5) is 13.5. The first-order chi connectivity index (χ1) is 8.06. The molecule has 1 aromatic carbocycles. The third-order valence-electron chi connectivity index (χ3n) is 2.50. The van der Waals surface area contributed by atoms with Crippen molar-refractivity contribution in [3.63, 3.8) is 0 Å². The van der Waals surface area contributed by atoms with Gasteiger partial charge in [0.25, 0.3) is 0 Å². The number of hydrogen-bond acceptors (Lipinski definition) is 4. The summed E-state index contributed by atoms with van der Waals surface area (Å²) in [6, 6.07) is 7.30. The second-order valence-corrected chi connectivity index (χ2v) is 4.09. The molecule has 0 heterocycles. The molecule has 4 heteroatoms. The van der Waals surface area contributed by atoms with Gasteiger partial charge >= 0.3 is 5.97 Å². The molecule has 0 amide bonds. The number of nitrogens with two attached hydrogens (primary N) is 1. The lowest BCUT2D eigenvalue weighted by atomic mass is 10.0. The number of carbonyl (C=O) groups excluding carboxylic acids is 1. The van der Waals surface area contributed by atoms with Crippen molar-refractivity contribution >= 4 is 11.7 Å². The number of carbonyl (C=O) groups is 1. The van der Waals surface area contributed by atoms with E-state index in [2.05, 4.69) is 0 Å². The van der Waals surface area contributed by atoms with Crippen LogP contribution in [0.15, 0.2) is 24.3 Å². The molecule has 0 spiro atoms. The van der Waals surface area contributed by atoms with Gasteiger partial charge in [-0.1, -0.05) is 18.2 Å². The van der Waals surface area contributed by atoms with Gasteiger partial charge in [0.2, 0.25) is 0 Å². The molecule has 0 saturated carbocycles. The number of nitrogens with zero attached hydrogens (tertiary/aromatic N) is 1. The predicted octanol–water partition coefficient (Wildman–Crippen LogP) is 1.19. The van der Waals surface area contributed by atoms with Crippen LogP contribution in [-0.2, 0) is 16.0 Å². The summed E-state index contributed by atoms with van der Waals surface area (Å²) in [7, 11) is 3.93. The van der Waals surface area contributed by atoms with Gasteiger partial charge in [-0.3, -0.25) is 4.79 Å². The highest BCUT2D eigenvalue weighted by Crippen LogP contribution is 2.19. The Balaban J connectivity index is 2.77. The van der Waals surface area contributed by atoms with Crippen LogP contribution >= 0.6 is 0 Å². The van der Waals surface area contributed by atoms with Crippen LogP contribution in [0.1, 0.15) is 12.5 Å². The van der Waals surface area contributed by atoms with Crippen LogP contribution in [0.25, 0.3) is 0 Å². The predicted molar refractivity (Wildman–Crippen MR) is 69.1 cm³/mol. The average molecular weight is 236 g/mol. The van der Waals surface area contributed by atoms with Crippen molar-refractivity contribution < 1.29 is 9.53 Å². The van der Waals surface area contributed by atoms with E-state index in [1.807, 2.05) is 43.3 Å². The van der Waals surface area contributed by atoms with Crippen LogP contribution in [0.3, 0.4) is 0 Å². The zero-order chi connectivity index (χ0) is 12.8. The fourth-order valence-corrected chi connectivity index (χ4v) is 1.69. The summed E-state index contributed by atoms with van der Waals surface area (Å²) < 4.78 is 4.90. The number of rotatable bonds is 5. The molecule has 0 aliphatic carbocycles. The van der Waals surface area contributed by atoms with Crippen molar-refractivity contribution in [2.75, 3.05) is 25.6 Å². The Labute approximate surface area is 102 Å². The second kappa shape index (κ2) is 6.25. The summed E-state index contributed by atoms with van der Waals surface area (Å²) in [5, 5.41) is 0. The Morgan fingerprint density at radius 1 is 1.41 bits per heavy atom. The highest BCUT2D eigenvalue weighted by atomic mass is 16.5. The maximum atomic E-state index is 11.5. The molecule has 0 bridgehead atoms. The summed E-state index contributed by atoms with van der Waals surface area (Å²) in [5.74, 6) is -0.346. The van der Waals surface area contributed by atoms with Crippen LogP contribution in [0.4, 0.5) is 5.69 Å². The van der Waals surface area contributed by atoms with Crippen LogP contribution in [0, 0.1) is 0 Å². The average Bonchev–Trinajstić information content (AvgIpc) is 2.29. The van der Waals surface area contributed by atoms with E-state index in [1.54, 1.807) is 6.92 Å². The standard InChI is InChI=1S/C13H20N2O2/c1-4-17-13(16)11(14)9-10-7-5-6-8-12(10)15(2)3/h5-8,11H,4,9,14H2,1-3H3. The summed E-state index contributed by atoms with van der Waals surface area (Å²) >= 11 is 0. The van der Waals surface area contributed by atoms with Gasteiger partial charge in [0, 0.05) is 26.2 Å². The van der Waals surface area contributed by atoms with Crippen LogP contribution in [-0.4, -0.2) is 32.7 Å². The number of benzene rings is 1. The molecule has 2 N–H and O–H groups in total. The fourth-order valence-electron chi connectivity index (χ4n) is 1.69. The lowest BCUT2D eigenvalue weighted by Crippen LogP contribution is -2.34. The molecule has 0 aromatic heterocycles. The molecule has 1 unspecified atom stereocenters. The first-order valence-corrected chi connectivity index (χ1v) is 5.73. The minimum absolute atomic E-state index is 0.346. The van der Waals surface area contributed by atoms with E-state index in [0.29, 0.717) is 13.0 Å². The number of para-hydroxylation sites is 1. The topological polar surface area (TPSA) is 55.6 Å². The van der Waals surface area contributed by atoms with Gasteiger partial charge in [-0.25, -0.2) is 0 Å². The van der Waals surface area contributed by atoms with Crippen molar-refractivity contribution in [3.8, 4) is 0 Å². The second-order valence-electron chi connectivity index (χ2n) is 4.09. The molecule has 1 aromatic rings. The lowest BCUT2D eigenvalue weighted by molar-refractivity contribution is -0.144. The molecule has 94 valence electrons. The lowest BCUT2D eigenvalue weighted by Gasteiger charge is -2.19. The summed E-state index contributed by atoms with van der Waals surface area (Å²) in [5.41, 5.74) is 7.94. The van der Waals surface area contributed by atoms with Crippen molar-refractivity contribution in [1.82, 2.24) is 0 Å². The molecule has 0 aliphatic rings. The van der Waals surface area contributed by atoms with Crippen LogP contribution in [0.2, 0.25) is 0 Å².